The van der Waals surface area contributed by atoms with Gasteiger partial charge in [0.05, 0.1) is 17.8 Å². The number of thiazole rings is 1. The van der Waals surface area contributed by atoms with E-state index in [2.05, 4.69) is 15.0 Å². The van der Waals surface area contributed by atoms with Crippen LogP contribution in [0.2, 0.25) is 5.02 Å². The van der Waals surface area contributed by atoms with Crippen LogP contribution in [-0.2, 0) is 14.8 Å². The Balaban J connectivity index is 1.86. The summed E-state index contributed by atoms with van der Waals surface area (Å²) in [4.78, 5) is 28.7. The van der Waals surface area contributed by atoms with Crippen LogP contribution < -0.4 is 5.32 Å². The summed E-state index contributed by atoms with van der Waals surface area (Å²) >= 11 is 7.16. The molecule has 2 aromatic rings. The van der Waals surface area contributed by atoms with Crippen molar-refractivity contribution >= 4 is 50.0 Å². The van der Waals surface area contributed by atoms with E-state index in [1.54, 1.807) is 6.92 Å². The normalized spacial score (nSPS) is 17.5. The molecule has 8 nitrogen and oxygen atoms in total. The Morgan fingerprint density at radius 3 is 2.77 bits per heavy atom. The van der Waals surface area contributed by atoms with Crippen LogP contribution in [0.25, 0.3) is 0 Å². The van der Waals surface area contributed by atoms with Crippen molar-refractivity contribution in [2.45, 2.75) is 31.6 Å². The van der Waals surface area contributed by atoms with E-state index in [0.717, 1.165) is 24.2 Å². The molecule has 0 spiro atoms. The second-order valence-electron chi connectivity index (χ2n) is 7.13. The lowest BCUT2D eigenvalue weighted by molar-refractivity contribution is 0.0605. The molecule has 30 heavy (non-hydrogen) atoms. The van der Waals surface area contributed by atoms with E-state index >= 15 is 0 Å². The van der Waals surface area contributed by atoms with Crippen LogP contribution in [0.3, 0.4) is 0 Å². The Bertz CT molecular complexity index is 1080. The molecule has 2 heterocycles. The molecule has 3 rings (SSSR count). The number of carbonyl (C=O) groups is 2. The van der Waals surface area contributed by atoms with Gasteiger partial charge >= 0.3 is 5.97 Å². The van der Waals surface area contributed by atoms with Gasteiger partial charge in [-0.3, -0.25) is 10.1 Å². The van der Waals surface area contributed by atoms with Gasteiger partial charge < -0.3 is 4.74 Å². The highest BCUT2D eigenvalue weighted by atomic mass is 35.5. The first-order chi connectivity index (χ1) is 14.1. The van der Waals surface area contributed by atoms with Crippen LogP contribution in [0, 0.1) is 12.8 Å². The highest BCUT2D eigenvalue weighted by Crippen LogP contribution is 2.30. The third kappa shape index (κ3) is 4.66. The van der Waals surface area contributed by atoms with Gasteiger partial charge in [-0.1, -0.05) is 29.9 Å². The summed E-state index contributed by atoms with van der Waals surface area (Å²) < 4.78 is 32.3. The van der Waals surface area contributed by atoms with Gasteiger partial charge in [0.2, 0.25) is 10.0 Å². The lowest BCUT2D eigenvalue weighted by atomic mass is 10.0. The number of piperidine rings is 1. The van der Waals surface area contributed by atoms with Gasteiger partial charge in [0.25, 0.3) is 5.91 Å². The molecule has 1 aromatic carbocycles. The van der Waals surface area contributed by atoms with Gasteiger partial charge in [-0.05, 0) is 43.9 Å². The topological polar surface area (TPSA) is 106 Å². The first kappa shape index (κ1) is 22.7. The van der Waals surface area contributed by atoms with Gasteiger partial charge in [0.1, 0.15) is 9.77 Å². The molecule has 1 amide bonds. The molecular formula is C19H22ClN3O5S2. The fourth-order valence-electron chi connectivity index (χ4n) is 3.25. The van der Waals surface area contributed by atoms with E-state index in [9.17, 15) is 18.0 Å². The van der Waals surface area contributed by atoms with E-state index in [4.69, 9.17) is 11.6 Å². The molecule has 1 aromatic heterocycles. The maximum Gasteiger partial charge on any atom is 0.350 e. The Labute approximate surface area is 184 Å². The largest absolute Gasteiger partial charge is 0.465 e. The minimum Gasteiger partial charge on any atom is -0.465 e. The quantitative estimate of drug-likeness (QED) is 0.668. The Morgan fingerprint density at radius 2 is 2.10 bits per heavy atom. The molecule has 1 fully saturated rings. The van der Waals surface area contributed by atoms with Crippen LogP contribution in [0.4, 0.5) is 5.13 Å². The molecule has 1 aliphatic rings. The highest BCUT2D eigenvalue weighted by Gasteiger charge is 2.31. The van der Waals surface area contributed by atoms with Gasteiger partial charge in [-0.2, -0.15) is 4.31 Å². The van der Waals surface area contributed by atoms with Crippen LogP contribution in [-0.4, -0.2) is 49.8 Å². The van der Waals surface area contributed by atoms with Gasteiger partial charge in [-0.25, -0.2) is 18.2 Å². The summed E-state index contributed by atoms with van der Waals surface area (Å²) in [7, 11) is -2.56. The summed E-state index contributed by atoms with van der Waals surface area (Å²) in [5, 5.41) is 2.86. The number of sulfonamides is 1. The Hall–Kier alpha value is -2.01. The van der Waals surface area contributed by atoms with Gasteiger partial charge in [0, 0.05) is 18.7 Å². The van der Waals surface area contributed by atoms with Crippen LogP contribution >= 0.6 is 22.9 Å². The number of benzene rings is 1. The molecular weight excluding hydrogens is 450 g/mol. The number of methoxy groups -OCH3 is 1. The second kappa shape index (κ2) is 9.01. The van der Waals surface area contributed by atoms with Crippen LogP contribution in [0.5, 0.6) is 0 Å². The van der Waals surface area contributed by atoms with E-state index in [1.807, 2.05) is 6.92 Å². The standard InChI is InChI=1S/C19H22ClN3O5S2/c1-11-5-4-8-23(10-11)30(26,27)15-9-13(6-7-14(15)20)17(24)22-19-21-12(2)16(29-19)18(25)28-3/h6-7,9,11H,4-5,8,10H2,1-3H3,(H,21,22,24). The van der Waals surface area contributed by atoms with Crippen molar-refractivity contribution < 1.29 is 22.7 Å². The molecule has 162 valence electrons. The first-order valence-corrected chi connectivity index (χ1v) is 11.9. The van der Waals surface area contributed by atoms with Gasteiger partial charge in [-0.15, -0.1) is 0 Å². The zero-order valence-electron chi connectivity index (χ0n) is 16.8. The van der Waals surface area contributed by atoms with E-state index in [1.165, 1.54) is 29.6 Å². The van der Waals surface area contributed by atoms with Crippen LogP contribution in [0.15, 0.2) is 23.1 Å². The zero-order chi connectivity index (χ0) is 22.1. The smallest absolute Gasteiger partial charge is 0.350 e. The number of halogens is 1. The molecule has 1 unspecified atom stereocenters. The van der Waals surface area contributed by atoms with Crippen molar-refractivity contribution in [1.29, 1.82) is 0 Å². The monoisotopic (exact) mass is 471 g/mol. The maximum atomic E-state index is 13.1. The molecule has 1 aliphatic heterocycles. The zero-order valence-corrected chi connectivity index (χ0v) is 19.2. The maximum absolute atomic E-state index is 13.1. The predicted molar refractivity (Wildman–Crippen MR) is 115 cm³/mol. The van der Waals surface area contributed by atoms with E-state index in [-0.39, 0.29) is 31.4 Å². The Morgan fingerprint density at radius 1 is 1.37 bits per heavy atom. The molecule has 11 heteroatoms. The summed E-state index contributed by atoms with van der Waals surface area (Å²) in [6.45, 7) is 4.48. The molecule has 0 radical (unpaired) electrons. The number of rotatable bonds is 5. The van der Waals surface area contributed by atoms with Crippen molar-refractivity contribution in [3.05, 3.63) is 39.4 Å². The summed E-state index contributed by atoms with van der Waals surface area (Å²) in [6.07, 6.45) is 1.76. The van der Waals surface area contributed by atoms with E-state index < -0.39 is 21.9 Å². The lowest BCUT2D eigenvalue weighted by Gasteiger charge is -2.30. The number of esters is 1. The minimum atomic E-state index is -3.82. The number of nitrogens with zero attached hydrogens (tertiary/aromatic N) is 2. The number of nitrogens with one attached hydrogen (secondary N) is 1. The molecule has 0 saturated carbocycles. The number of amides is 1. The van der Waals surface area contributed by atoms with Crippen molar-refractivity contribution in [3.63, 3.8) is 0 Å². The molecule has 1 N–H and O–H groups in total. The number of aryl methyl sites for hydroxylation is 1. The highest BCUT2D eigenvalue weighted by molar-refractivity contribution is 7.89. The Kier molecular flexibility index (Phi) is 6.81. The fourth-order valence-corrected chi connectivity index (χ4v) is 6.23. The molecule has 1 saturated heterocycles. The molecule has 0 aliphatic carbocycles. The minimum absolute atomic E-state index is 0.0582. The van der Waals surface area contributed by atoms with Gasteiger partial charge in [0.15, 0.2) is 5.13 Å². The summed E-state index contributed by atoms with van der Waals surface area (Å²) in [5.74, 6) is -0.836. The number of anilines is 1. The fraction of sp³-hybridized carbons (Fsp3) is 0.421. The van der Waals surface area contributed by atoms with Crippen LogP contribution in [0.1, 0.15) is 45.5 Å². The summed E-state index contributed by atoms with van der Waals surface area (Å²) in [6, 6.07) is 4.11. The summed E-state index contributed by atoms with van der Waals surface area (Å²) in [5.41, 5.74) is 0.552. The average molecular weight is 472 g/mol. The van der Waals surface area contributed by atoms with Crippen molar-refractivity contribution in [1.82, 2.24) is 9.29 Å². The van der Waals surface area contributed by atoms with Crippen molar-refractivity contribution in [2.75, 3.05) is 25.5 Å². The molecule has 1 atom stereocenters. The van der Waals surface area contributed by atoms with Crippen molar-refractivity contribution in [2.24, 2.45) is 5.92 Å². The first-order valence-electron chi connectivity index (χ1n) is 9.30. The van der Waals surface area contributed by atoms with Crippen molar-refractivity contribution in [3.8, 4) is 0 Å². The van der Waals surface area contributed by atoms with E-state index in [0.29, 0.717) is 18.8 Å². The number of ether oxygens (including phenoxy) is 1. The average Bonchev–Trinajstić information content (AvgIpc) is 3.07. The number of hydrogen-bond donors (Lipinski definition) is 1. The number of aromatic nitrogens is 1. The SMILES string of the molecule is COC(=O)c1sc(NC(=O)c2ccc(Cl)c(S(=O)(=O)N3CCCC(C)C3)c2)nc1C. The lowest BCUT2D eigenvalue weighted by Crippen LogP contribution is -2.39. The second-order valence-corrected chi connectivity index (χ2v) is 10.4. The predicted octanol–water partition coefficient (Wildman–Crippen LogP) is 3.56. The number of hydrogen-bond acceptors (Lipinski definition) is 7. The third-order valence-corrected chi connectivity index (χ3v) is 8.22. The third-order valence-electron chi connectivity index (χ3n) is 4.82. The molecule has 0 bridgehead atoms. The number of carbonyl (C=O) groups excluding carboxylic acids is 2.